The maximum absolute atomic E-state index is 5.70. The van der Waals surface area contributed by atoms with Gasteiger partial charge < -0.3 is 5.73 Å². The minimum Gasteiger partial charge on any atom is -0.329 e. The summed E-state index contributed by atoms with van der Waals surface area (Å²) >= 11 is 0. The molecule has 0 heterocycles. The summed E-state index contributed by atoms with van der Waals surface area (Å²) in [6, 6.07) is 0.483. The zero-order chi connectivity index (χ0) is 9.68. The zero-order valence-electron chi connectivity index (χ0n) is 8.50. The van der Waals surface area contributed by atoms with E-state index in [4.69, 9.17) is 12.2 Å². The third-order valence-corrected chi connectivity index (χ3v) is 2.74. The maximum atomic E-state index is 5.70. The third-order valence-electron chi connectivity index (χ3n) is 2.74. The van der Waals surface area contributed by atoms with Crippen molar-refractivity contribution in [2.75, 3.05) is 19.6 Å². The van der Waals surface area contributed by atoms with Gasteiger partial charge in [0.25, 0.3) is 0 Å². The summed E-state index contributed by atoms with van der Waals surface area (Å²) in [6.07, 6.45) is 9.20. The molecule has 0 aromatic rings. The van der Waals surface area contributed by atoms with Crippen molar-refractivity contribution in [3.8, 4) is 12.3 Å². The molecule has 1 aliphatic carbocycles. The van der Waals surface area contributed by atoms with Crippen LogP contribution in [0.3, 0.4) is 0 Å². The summed E-state index contributed by atoms with van der Waals surface area (Å²) in [5.41, 5.74) is 5.70. The lowest BCUT2D eigenvalue weighted by Crippen LogP contribution is -2.41. The monoisotopic (exact) mass is 180 g/mol. The highest BCUT2D eigenvalue weighted by Crippen LogP contribution is 2.30. The third kappa shape index (κ3) is 3.38. The van der Waals surface area contributed by atoms with E-state index in [2.05, 4.69) is 17.7 Å². The lowest BCUT2D eigenvalue weighted by molar-refractivity contribution is 0.211. The summed E-state index contributed by atoms with van der Waals surface area (Å²) in [7, 11) is 0. The number of nitrogens with two attached hydrogens (primary N) is 1. The second-order valence-electron chi connectivity index (χ2n) is 3.87. The number of nitrogens with zero attached hydrogens (tertiary/aromatic N) is 1. The fraction of sp³-hybridized carbons (Fsp3) is 0.818. The van der Waals surface area contributed by atoms with Gasteiger partial charge in [-0.3, -0.25) is 4.90 Å². The average molecular weight is 180 g/mol. The van der Waals surface area contributed by atoms with Crippen LogP contribution >= 0.6 is 0 Å². The van der Waals surface area contributed by atoms with Crippen molar-refractivity contribution in [3.05, 3.63) is 0 Å². The van der Waals surface area contributed by atoms with Crippen LogP contribution in [0.2, 0.25) is 0 Å². The first kappa shape index (κ1) is 10.6. The number of rotatable bonds is 6. The molecule has 2 N–H and O–H groups in total. The van der Waals surface area contributed by atoms with Gasteiger partial charge in [0.15, 0.2) is 0 Å². The number of terminal acetylenes is 1. The molecular weight excluding hydrogens is 160 g/mol. The van der Waals surface area contributed by atoms with Crippen LogP contribution in [0.15, 0.2) is 0 Å². The Balaban J connectivity index is 2.38. The van der Waals surface area contributed by atoms with Gasteiger partial charge in [0, 0.05) is 19.1 Å². The number of hydrogen-bond donors (Lipinski definition) is 1. The Labute approximate surface area is 81.5 Å². The Kier molecular flexibility index (Phi) is 4.27. The van der Waals surface area contributed by atoms with Crippen LogP contribution in [0.25, 0.3) is 0 Å². The van der Waals surface area contributed by atoms with Crippen LogP contribution in [0.4, 0.5) is 0 Å². The largest absolute Gasteiger partial charge is 0.329 e. The van der Waals surface area contributed by atoms with Gasteiger partial charge >= 0.3 is 0 Å². The van der Waals surface area contributed by atoms with Gasteiger partial charge in [-0.15, -0.1) is 6.42 Å². The second-order valence-corrected chi connectivity index (χ2v) is 3.87. The Morgan fingerprint density at radius 3 is 2.69 bits per heavy atom. The minimum absolute atomic E-state index is 0.483. The maximum Gasteiger partial charge on any atom is 0.0601 e. The van der Waals surface area contributed by atoms with E-state index < -0.39 is 0 Å². The van der Waals surface area contributed by atoms with Crippen molar-refractivity contribution in [2.45, 2.75) is 32.2 Å². The average Bonchev–Trinajstić information content (AvgIpc) is 2.91. The lowest BCUT2D eigenvalue weighted by atomic mass is 10.2. The predicted molar refractivity (Wildman–Crippen MR) is 56.3 cm³/mol. The highest BCUT2D eigenvalue weighted by Gasteiger charge is 2.26. The van der Waals surface area contributed by atoms with Crippen LogP contribution in [-0.4, -0.2) is 30.6 Å². The molecule has 1 unspecified atom stereocenters. The molecule has 0 spiro atoms. The molecule has 1 aliphatic rings. The van der Waals surface area contributed by atoms with E-state index in [1.807, 2.05) is 0 Å². The molecule has 0 saturated heterocycles. The molecule has 1 fully saturated rings. The van der Waals surface area contributed by atoms with Crippen molar-refractivity contribution >= 4 is 0 Å². The summed E-state index contributed by atoms with van der Waals surface area (Å²) in [6.45, 7) is 4.81. The molecule has 2 heteroatoms. The molecule has 1 rings (SSSR count). The smallest absolute Gasteiger partial charge is 0.0601 e. The van der Waals surface area contributed by atoms with Crippen LogP contribution in [0, 0.1) is 18.3 Å². The van der Waals surface area contributed by atoms with E-state index in [1.54, 1.807) is 0 Å². The molecule has 1 saturated carbocycles. The second kappa shape index (κ2) is 5.26. The molecule has 2 nitrogen and oxygen atoms in total. The van der Waals surface area contributed by atoms with E-state index in [9.17, 15) is 0 Å². The lowest BCUT2D eigenvalue weighted by Gasteiger charge is -2.28. The highest BCUT2D eigenvalue weighted by molar-refractivity contribution is 4.92. The molecule has 74 valence electrons. The Morgan fingerprint density at radius 1 is 1.62 bits per heavy atom. The van der Waals surface area contributed by atoms with E-state index >= 15 is 0 Å². The summed E-state index contributed by atoms with van der Waals surface area (Å²) in [5, 5.41) is 0. The fourth-order valence-corrected chi connectivity index (χ4v) is 1.67. The quantitative estimate of drug-likeness (QED) is 0.620. The molecule has 0 bridgehead atoms. The topological polar surface area (TPSA) is 29.3 Å². The van der Waals surface area contributed by atoms with Crippen molar-refractivity contribution in [3.63, 3.8) is 0 Å². The van der Waals surface area contributed by atoms with Crippen molar-refractivity contribution in [1.82, 2.24) is 4.90 Å². The summed E-state index contributed by atoms with van der Waals surface area (Å²) in [4.78, 5) is 2.36. The highest BCUT2D eigenvalue weighted by atomic mass is 15.2. The summed E-state index contributed by atoms with van der Waals surface area (Å²) in [5.74, 6) is 3.62. The molecule has 0 aromatic carbocycles. The zero-order valence-corrected chi connectivity index (χ0v) is 8.50. The van der Waals surface area contributed by atoms with Crippen LogP contribution in [-0.2, 0) is 0 Å². The molecule has 0 aromatic heterocycles. The van der Waals surface area contributed by atoms with E-state index in [0.717, 1.165) is 32.0 Å². The predicted octanol–water partition coefficient (Wildman–Crippen LogP) is 1.07. The molecule has 0 amide bonds. The molecule has 0 aliphatic heterocycles. The fourth-order valence-electron chi connectivity index (χ4n) is 1.67. The van der Waals surface area contributed by atoms with Crippen molar-refractivity contribution in [1.29, 1.82) is 0 Å². The van der Waals surface area contributed by atoms with Crippen LogP contribution in [0.5, 0.6) is 0 Å². The SMILES string of the molecule is C#CCN(CC1CC1)C(CC)CN. The van der Waals surface area contributed by atoms with E-state index in [1.165, 1.54) is 12.8 Å². The Hall–Kier alpha value is -0.520. The van der Waals surface area contributed by atoms with Gasteiger partial charge in [0.05, 0.1) is 6.54 Å². The van der Waals surface area contributed by atoms with Gasteiger partial charge in [0.1, 0.15) is 0 Å². The van der Waals surface area contributed by atoms with Crippen LogP contribution < -0.4 is 5.73 Å². The first-order valence-electron chi connectivity index (χ1n) is 5.19. The Bertz CT molecular complexity index is 175. The van der Waals surface area contributed by atoms with Gasteiger partial charge in [-0.25, -0.2) is 0 Å². The first-order valence-corrected chi connectivity index (χ1v) is 5.19. The van der Waals surface area contributed by atoms with Crippen LogP contribution in [0.1, 0.15) is 26.2 Å². The van der Waals surface area contributed by atoms with E-state index in [0.29, 0.717) is 6.04 Å². The molecule has 13 heavy (non-hydrogen) atoms. The number of hydrogen-bond acceptors (Lipinski definition) is 2. The van der Waals surface area contributed by atoms with Gasteiger partial charge in [-0.1, -0.05) is 12.8 Å². The molecule has 1 atom stereocenters. The van der Waals surface area contributed by atoms with E-state index in [-0.39, 0.29) is 0 Å². The first-order chi connectivity index (χ1) is 6.31. The minimum atomic E-state index is 0.483. The summed E-state index contributed by atoms with van der Waals surface area (Å²) < 4.78 is 0. The molecule has 0 radical (unpaired) electrons. The normalized spacial score (nSPS) is 18.6. The molecular formula is C11H20N2. The van der Waals surface area contributed by atoms with Crippen molar-refractivity contribution < 1.29 is 0 Å². The Morgan fingerprint density at radius 2 is 2.31 bits per heavy atom. The standard InChI is InChI=1S/C11H20N2/c1-3-7-13(9-10-5-6-10)11(4-2)8-12/h1,10-11H,4-9,12H2,2H3. The van der Waals surface area contributed by atoms with Crippen molar-refractivity contribution in [2.24, 2.45) is 11.7 Å². The van der Waals surface area contributed by atoms with Gasteiger partial charge in [-0.2, -0.15) is 0 Å². The van der Waals surface area contributed by atoms with Gasteiger partial charge in [-0.05, 0) is 25.2 Å². The van der Waals surface area contributed by atoms with Gasteiger partial charge in [0.2, 0.25) is 0 Å².